The average Bonchev–Trinajstić information content (AvgIpc) is 3.01. The van der Waals surface area contributed by atoms with E-state index in [4.69, 9.17) is 26.8 Å². The zero-order valence-corrected chi connectivity index (χ0v) is 11.9. The summed E-state index contributed by atoms with van der Waals surface area (Å²) in [6, 6.07) is 7.10. The predicted octanol–water partition coefficient (Wildman–Crippen LogP) is 2.64. The van der Waals surface area contributed by atoms with Crippen molar-refractivity contribution in [1.29, 1.82) is 0 Å². The Morgan fingerprint density at radius 3 is 2.90 bits per heavy atom. The van der Waals surface area contributed by atoms with Gasteiger partial charge in [0.05, 0.1) is 9.90 Å². The van der Waals surface area contributed by atoms with Crippen molar-refractivity contribution in [2.24, 2.45) is 0 Å². The Kier molecular flexibility index (Phi) is 3.42. The van der Waals surface area contributed by atoms with E-state index in [1.807, 2.05) is 18.2 Å². The highest BCUT2D eigenvalue weighted by atomic mass is 35.5. The molecule has 104 valence electrons. The number of anilines is 1. The molecule has 3 N–H and O–H groups in total. The standard InChI is InChI=1S/C13H11ClN2O3S/c14-11-4-8(12(15)20-11)13(17)16-5-7-1-2-9-10(3-7)19-6-18-9/h1-4H,5-6,15H2,(H,16,17). The van der Waals surface area contributed by atoms with Gasteiger partial charge in [0.2, 0.25) is 6.79 Å². The van der Waals surface area contributed by atoms with Gasteiger partial charge in [0.1, 0.15) is 5.00 Å². The maximum absolute atomic E-state index is 12.0. The normalized spacial score (nSPS) is 12.4. The second kappa shape index (κ2) is 5.22. The number of fused-ring (bicyclic) bond motifs is 1. The van der Waals surface area contributed by atoms with Gasteiger partial charge in [-0.05, 0) is 23.8 Å². The summed E-state index contributed by atoms with van der Waals surface area (Å²) in [4.78, 5) is 12.0. The lowest BCUT2D eigenvalue weighted by Gasteiger charge is -2.05. The van der Waals surface area contributed by atoms with Crippen LogP contribution in [-0.2, 0) is 6.54 Å². The van der Waals surface area contributed by atoms with E-state index < -0.39 is 0 Å². The van der Waals surface area contributed by atoms with Gasteiger partial charge in [-0.25, -0.2) is 0 Å². The lowest BCUT2D eigenvalue weighted by Crippen LogP contribution is -2.23. The van der Waals surface area contributed by atoms with E-state index in [1.54, 1.807) is 6.07 Å². The maximum Gasteiger partial charge on any atom is 0.254 e. The number of halogens is 1. The molecule has 20 heavy (non-hydrogen) atoms. The topological polar surface area (TPSA) is 73.6 Å². The molecule has 1 aliphatic rings. The van der Waals surface area contributed by atoms with Gasteiger partial charge >= 0.3 is 0 Å². The van der Waals surface area contributed by atoms with Crippen LogP contribution in [-0.4, -0.2) is 12.7 Å². The summed E-state index contributed by atoms with van der Waals surface area (Å²) in [5, 5.41) is 3.21. The summed E-state index contributed by atoms with van der Waals surface area (Å²) in [6.45, 7) is 0.609. The Morgan fingerprint density at radius 1 is 1.35 bits per heavy atom. The van der Waals surface area contributed by atoms with Crippen LogP contribution in [0.2, 0.25) is 4.34 Å². The largest absolute Gasteiger partial charge is 0.454 e. The molecule has 2 heterocycles. The van der Waals surface area contributed by atoms with Crippen LogP contribution < -0.4 is 20.5 Å². The fourth-order valence-corrected chi connectivity index (χ4v) is 2.89. The summed E-state index contributed by atoms with van der Waals surface area (Å²) in [6.07, 6.45) is 0. The number of thiophene rings is 1. The molecule has 2 aromatic rings. The van der Waals surface area contributed by atoms with Crippen molar-refractivity contribution in [1.82, 2.24) is 5.32 Å². The van der Waals surface area contributed by atoms with Gasteiger partial charge < -0.3 is 20.5 Å². The Morgan fingerprint density at radius 2 is 2.15 bits per heavy atom. The van der Waals surface area contributed by atoms with Crippen LogP contribution in [0.15, 0.2) is 24.3 Å². The number of benzene rings is 1. The third-order valence-corrected chi connectivity index (χ3v) is 3.96. The second-order valence-electron chi connectivity index (χ2n) is 4.20. The minimum atomic E-state index is -0.247. The lowest BCUT2D eigenvalue weighted by molar-refractivity contribution is 0.0952. The summed E-state index contributed by atoms with van der Waals surface area (Å²) in [5.41, 5.74) is 7.04. The molecule has 1 amide bonds. The van der Waals surface area contributed by atoms with E-state index in [2.05, 4.69) is 5.32 Å². The first-order chi connectivity index (χ1) is 9.63. The molecule has 0 saturated heterocycles. The monoisotopic (exact) mass is 310 g/mol. The molecule has 0 fully saturated rings. The van der Waals surface area contributed by atoms with E-state index in [0.29, 0.717) is 32.9 Å². The number of carbonyl (C=O) groups is 1. The van der Waals surface area contributed by atoms with Crippen molar-refractivity contribution >= 4 is 33.8 Å². The van der Waals surface area contributed by atoms with Crippen LogP contribution in [0.5, 0.6) is 11.5 Å². The Labute approximate surface area is 124 Å². The number of rotatable bonds is 3. The summed E-state index contributed by atoms with van der Waals surface area (Å²) in [5.74, 6) is 1.16. The summed E-state index contributed by atoms with van der Waals surface area (Å²) < 4.78 is 11.0. The van der Waals surface area contributed by atoms with Gasteiger partial charge in [-0.2, -0.15) is 0 Å². The van der Waals surface area contributed by atoms with Gasteiger partial charge in [-0.15, -0.1) is 11.3 Å². The van der Waals surface area contributed by atoms with E-state index in [0.717, 1.165) is 5.56 Å². The SMILES string of the molecule is Nc1sc(Cl)cc1C(=O)NCc1ccc2c(c1)OCO2. The minimum absolute atomic E-state index is 0.231. The number of hydrogen-bond donors (Lipinski definition) is 2. The van der Waals surface area contributed by atoms with E-state index >= 15 is 0 Å². The van der Waals surface area contributed by atoms with Crippen molar-refractivity contribution in [3.8, 4) is 11.5 Å². The third-order valence-electron chi connectivity index (χ3n) is 2.87. The van der Waals surface area contributed by atoms with E-state index in [1.165, 1.54) is 11.3 Å². The lowest BCUT2D eigenvalue weighted by atomic mass is 10.2. The number of ether oxygens (including phenoxy) is 2. The van der Waals surface area contributed by atoms with Crippen LogP contribution in [0.1, 0.15) is 15.9 Å². The Bertz CT molecular complexity index is 672. The molecular weight excluding hydrogens is 300 g/mol. The van der Waals surface area contributed by atoms with Crippen molar-refractivity contribution in [3.63, 3.8) is 0 Å². The molecule has 0 saturated carbocycles. The Hall–Kier alpha value is -1.92. The summed E-state index contributed by atoms with van der Waals surface area (Å²) in [7, 11) is 0. The maximum atomic E-state index is 12.0. The summed E-state index contributed by atoms with van der Waals surface area (Å²) >= 11 is 7.00. The Balaban J connectivity index is 1.67. The number of carbonyl (C=O) groups excluding carboxylic acids is 1. The van der Waals surface area contributed by atoms with Gasteiger partial charge in [0.15, 0.2) is 11.5 Å². The molecule has 1 aromatic carbocycles. The second-order valence-corrected chi connectivity index (χ2v) is 5.91. The van der Waals surface area contributed by atoms with Gasteiger partial charge in [-0.3, -0.25) is 4.79 Å². The number of nitrogens with two attached hydrogens (primary N) is 1. The number of nitrogen functional groups attached to an aromatic ring is 1. The van der Waals surface area contributed by atoms with Crippen LogP contribution in [0.25, 0.3) is 0 Å². The molecule has 5 nitrogen and oxygen atoms in total. The average molecular weight is 311 g/mol. The van der Waals surface area contributed by atoms with E-state index in [-0.39, 0.29) is 12.7 Å². The van der Waals surface area contributed by atoms with Crippen LogP contribution >= 0.6 is 22.9 Å². The fourth-order valence-electron chi connectivity index (χ4n) is 1.88. The first-order valence-corrected chi connectivity index (χ1v) is 7.04. The quantitative estimate of drug-likeness (QED) is 0.914. The zero-order valence-electron chi connectivity index (χ0n) is 10.3. The molecule has 0 bridgehead atoms. The first-order valence-electron chi connectivity index (χ1n) is 5.85. The number of amides is 1. The molecule has 0 unspecified atom stereocenters. The predicted molar refractivity (Wildman–Crippen MR) is 77.5 cm³/mol. The molecule has 0 spiro atoms. The van der Waals surface area contributed by atoms with Crippen LogP contribution in [0, 0.1) is 0 Å². The van der Waals surface area contributed by atoms with Gasteiger partial charge in [-0.1, -0.05) is 17.7 Å². The van der Waals surface area contributed by atoms with Crippen molar-refractivity contribution in [2.75, 3.05) is 12.5 Å². The first kappa shape index (κ1) is 13.1. The molecule has 1 aromatic heterocycles. The third kappa shape index (κ3) is 2.52. The molecule has 3 rings (SSSR count). The highest BCUT2D eigenvalue weighted by molar-refractivity contribution is 7.20. The van der Waals surface area contributed by atoms with Gasteiger partial charge in [0.25, 0.3) is 5.91 Å². The molecular formula is C13H11ClN2O3S. The molecule has 1 aliphatic heterocycles. The van der Waals surface area contributed by atoms with E-state index in [9.17, 15) is 4.79 Å². The zero-order chi connectivity index (χ0) is 14.1. The number of hydrogen-bond acceptors (Lipinski definition) is 5. The molecule has 0 aliphatic carbocycles. The van der Waals surface area contributed by atoms with Gasteiger partial charge in [0, 0.05) is 6.54 Å². The van der Waals surface area contributed by atoms with Crippen molar-refractivity contribution in [2.45, 2.75) is 6.54 Å². The fraction of sp³-hybridized carbons (Fsp3) is 0.154. The highest BCUT2D eigenvalue weighted by Gasteiger charge is 2.15. The minimum Gasteiger partial charge on any atom is -0.454 e. The highest BCUT2D eigenvalue weighted by Crippen LogP contribution is 2.32. The van der Waals surface area contributed by atoms with Crippen LogP contribution in [0.3, 0.4) is 0 Å². The smallest absolute Gasteiger partial charge is 0.254 e. The van der Waals surface area contributed by atoms with Crippen molar-refractivity contribution in [3.05, 3.63) is 39.7 Å². The molecule has 7 heteroatoms. The van der Waals surface area contributed by atoms with Crippen molar-refractivity contribution < 1.29 is 14.3 Å². The van der Waals surface area contributed by atoms with Crippen LogP contribution in [0.4, 0.5) is 5.00 Å². The molecule has 0 atom stereocenters. The number of nitrogens with one attached hydrogen (secondary N) is 1. The molecule has 0 radical (unpaired) electrons.